The van der Waals surface area contributed by atoms with Crippen molar-refractivity contribution >= 4 is 13.3 Å². The highest BCUT2D eigenvalue weighted by Crippen LogP contribution is 2.39. The fraction of sp³-hybridized carbons (Fsp3) is 0.333. The Hall–Kier alpha value is -0.830. The molecule has 0 radical (unpaired) electrons. The Labute approximate surface area is 83.3 Å². The summed E-state index contributed by atoms with van der Waals surface area (Å²) in [6.45, 7) is 0. The second kappa shape index (κ2) is 4.13. The van der Waals surface area contributed by atoms with Crippen molar-refractivity contribution in [2.45, 2.75) is 6.16 Å². The Kier molecular flexibility index (Phi) is 3.32. The lowest BCUT2D eigenvalue weighted by Crippen LogP contribution is -2.08. The van der Waals surface area contributed by atoms with Gasteiger partial charge in [-0.2, -0.15) is 0 Å². The van der Waals surface area contributed by atoms with Crippen LogP contribution in [0.2, 0.25) is 0 Å². The van der Waals surface area contributed by atoms with Crippen LogP contribution in [0.15, 0.2) is 24.3 Å². The van der Waals surface area contributed by atoms with Gasteiger partial charge in [0.1, 0.15) is 0 Å². The molecule has 0 bridgehead atoms. The molecule has 2 N–H and O–H groups in total. The van der Waals surface area contributed by atoms with E-state index in [2.05, 4.69) is 0 Å². The van der Waals surface area contributed by atoms with Crippen LogP contribution in [0, 0.1) is 0 Å². The van der Waals surface area contributed by atoms with Gasteiger partial charge in [-0.1, -0.05) is 12.1 Å². The predicted octanol–water partition coefficient (Wildman–Crippen LogP) is 1.43. The average Bonchev–Trinajstić information content (AvgIpc) is 2.02. The third-order valence-corrected chi connectivity index (χ3v) is 2.62. The van der Waals surface area contributed by atoms with Crippen molar-refractivity contribution in [2.75, 3.05) is 19.0 Å². The number of hydrogen-bond donors (Lipinski definition) is 2. The first-order valence-corrected chi connectivity index (χ1v) is 5.99. The van der Waals surface area contributed by atoms with E-state index in [9.17, 15) is 4.57 Å². The summed E-state index contributed by atoms with van der Waals surface area (Å²) >= 11 is 0. The summed E-state index contributed by atoms with van der Waals surface area (Å²) in [5.41, 5.74) is 1.67. The minimum atomic E-state index is -3.94. The third-order valence-electron chi connectivity index (χ3n) is 1.84. The van der Waals surface area contributed by atoms with Gasteiger partial charge >= 0.3 is 7.60 Å². The molecule has 0 aliphatic carbocycles. The molecule has 78 valence electrons. The molecule has 5 heteroatoms. The first-order valence-electron chi connectivity index (χ1n) is 4.19. The highest BCUT2D eigenvalue weighted by molar-refractivity contribution is 7.50. The monoisotopic (exact) mass is 215 g/mol. The van der Waals surface area contributed by atoms with Gasteiger partial charge in [-0.05, 0) is 17.7 Å². The fourth-order valence-corrected chi connectivity index (χ4v) is 1.82. The van der Waals surface area contributed by atoms with Gasteiger partial charge in [-0.25, -0.2) is 0 Å². The number of rotatable bonds is 3. The Morgan fingerprint density at radius 1 is 1.21 bits per heavy atom. The van der Waals surface area contributed by atoms with Crippen LogP contribution in [-0.4, -0.2) is 23.9 Å². The molecule has 0 fully saturated rings. The zero-order chi connectivity index (χ0) is 10.8. The van der Waals surface area contributed by atoms with Gasteiger partial charge in [0.05, 0.1) is 6.16 Å². The maximum absolute atomic E-state index is 10.7. The van der Waals surface area contributed by atoms with E-state index in [0.29, 0.717) is 5.56 Å². The van der Waals surface area contributed by atoms with Crippen LogP contribution in [-0.2, 0) is 10.7 Å². The molecule has 0 aliphatic rings. The molecule has 0 heterocycles. The van der Waals surface area contributed by atoms with Crippen LogP contribution < -0.4 is 4.90 Å². The molecule has 14 heavy (non-hydrogen) atoms. The van der Waals surface area contributed by atoms with Gasteiger partial charge in [0.25, 0.3) is 0 Å². The van der Waals surface area contributed by atoms with E-state index < -0.39 is 7.60 Å². The minimum absolute atomic E-state index is 0.194. The van der Waals surface area contributed by atoms with Gasteiger partial charge in [-0.3, -0.25) is 4.57 Å². The van der Waals surface area contributed by atoms with Gasteiger partial charge in [-0.15, -0.1) is 0 Å². The van der Waals surface area contributed by atoms with Crippen molar-refractivity contribution in [3.63, 3.8) is 0 Å². The molecular weight excluding hydrogens is 201 g/mol. The molecule has 0 aliphatic heterocycles. The second-order valence-corrected chi connectivity index (χ2v) is 5.03. The summed E-state index contributed by atoms with van der Waals surface area (Å²) in [7, 11) is -0.111. The summed E-state index contributed by atoms with van der Waals surface area (Å²) in [5, 5.41) is 0. The zero-order valence-electron chi connectivity index (χ0n) is 8.21. The fourth-order valence-electron chi connectivity index (χ4n) is 1.14. The molecule has 0 aromatic heterocycles. The Balaban J connectivity index is 2.79. The molecule has 1 rings (SSSR count). The van der Waals surface area contributed by atoms with Gasteiger partial charge in [0.2, 0.25) is 0 Å². The van der Waals surface area contributed by atoms with Crippen LogP contribution in [0.5, 0.6) is 0 Å². The first-order chi connectivity index (χ1) is 6.38. The maximum Gasteiger partial charge on any atom is 0.329 e. The van der Waals surface area contributed by atoms with E-state index in [1.807, 2.05) is 31.1 Å². The maximum atomic E-state index is 10.7. The molecule has 4 nitrogen and oxygen atoms in total. The summed E-state index contributed by atoms with van der Waals surface area (Å²) in [6.07, 6.45) is -0.194. The second-order valence-electron chi connectivity index (χ2n) is 3.38. The highest BCUT2D eigenvalue weighted by atomic mass is 31.2. The third kappa shape index (κ3) is 3.50. The minimum Gasteiger partial charge on any atom is -0.378 e. The number of benzene rings is 1. The summed E-state index contributed by atoms with van der Waals surface area (Å²) in [6, 6.07) is 7.14. The molecule has 1 aromatic carbocycles. The largest absolute Gasteiger partial charge is 0.378 e. The van der Waals surface area contributed by atoms with Gasteiger partial charge in [0.15, 0.2) is 0 Å². The molecule has 0 amide bonds. The van der Waals surface area contributed by atoms with E-state index in [1.54, 1.807) is 12.1 Å². The summed E-state index contributed by atoms with van der Waals surface area (Å²) in [4.78, 5) is 19.4. The van der Waals surface area contributed by atoms with Crippen molar-refractivity contribution in [1.82, 2.24) is 0 Å². The van der Waals surface area contributed by atoms with Crippen LogP contribution >= 0.6 is 7.60 Å². The average molecular weight is 215 g/mol. The van der Waals surface area contributed by atoms with Crippen LogP contribution in [0.4, 0.5) is 5.69 Å². The van der Waals surface area contributed by atoms with E-state index in [4.69, 9.17) is 9.79 Å². The topological polar surface area (TPSA) is 60.8 Å². The van der Waals surface area contributed by atoms with Crippen molar-refractivity contribution < 1.29 is 14.4 Å². The van der Waals surface area contributed by atoms with E-state index in [1.165, 1.54) is 0 Å². The normalized spacial score (nSPS) is 11.4. The lowest BCUT2D eigenvalue weighted by molar-refractivity contribution is 0.372. The van der Waals surface area contributed by atoms with Crippen molar-refractivity contribution in [1.29, 1.82) is 0 Å². The first kappa shape index (κ1) is 11.2. The lowest BCUT2D eigenvalue weighted by atomic mass is 10.2. The summed E-state index contributed by atoms with van der Waals surface area (Å²) < 4.78 is 10.7. The standard InChI is InChI=1S/C9H14NO3P/c1-10(2)9-5-3-8(4-6-9)7-14(11,12)13/h3-6H,7H2,1-2H3,(H2,11,12,13). The van der Waals surface area contributed by atoms with Gasteiger partial charge < -0.3 is 14.7 Å². The van der Waals surface area contributed by atoms with E-state index in [-0.39, 0.29) is 6.16 Å². The SMILES string of the molecule is CN(C)c1ccc(CP(=O)(O)O)cc1. The highest BCUT2D eigenvalue weighted by Gasteiger charge is 2.13. The van der Waals surface area contributed by atoms with Crippen molar-refractivity contribution in [3.8, 4) is 0 Å². The van der Waals surface area contributed by atoms with Gasteiger partial charge in [0, 0.05) is 19.8 Å². The molecule has 0 saturated carbocycles. The quantitative estimate of drug-likeness (QED) is 0.749. The Morgan fingerprint density at radius 3 is 2.07 bits per heavy atom. The molecule has 1 aromatic rings. The lowest BCUT2D eigenvalue weighted by Gasteiger charge is -2.12. The number of anilines is 1. The molecule has 0 spiro atoms. The summed E-state index contributed by atoms with van der Waals surface area (Å²) in [5.74, 6) is 0. The number of nitrogens with zero attached hydrogens (tertiary/aromatic N) is 1. The van der Waals surface area contributed by atoms with E-state index >= 15 is 0 Å². The Bertz CT molecular complexity index is 342. The Morgan fingerprint density at radius 2 is 1.71 bits per heavy atom. The van der Waals surface area contributed by atoms with Crippen LogP contribution in [0.25, 0.3) is 0 Å². The molecule has 0 saturated heterocycles. The smallest absolute Gasteiger partial charge is 0.329 e. The molecule has 0 unspecified atom stereocenters. The predicted molar refractivity (Wildman–Crippen MR) is 56.5 cm³/mol. The van der Waals surface area contributed by atoms with Crippen molar-refractivity contribution in [2.24, 2.45) is 0 Å². The number of hydrogen-bond acceptors (Lipinski definition) is 2. The van der Waals surface area contributed by atoms with Crippen LogP contribution in [0.3, 0.4) is 0 Å². The van der Waals surface area contributed by atoms with Crippen molar-refractivity contribution in [3.05, 3.63) is 29.8 Å². The van der Waals surface area contributed by atoms with E-state index in [0.717, 1.165) is 5.69 Å². The zero-order valence-corrected chi connectivity index (χ0v) is 9.11. The van der Waals surface area contributed by atoms with Crippen LogP contribution in [0.1, 0.15) is 5.56 Å². The molecular formula is C9H14NO3P. The molecule has 0 atom stereocenters.